The van der Waals surface area contributed by atoms with Crippen LogP contribution in [0.15, 0.2) is 0 Å². The van der Waals surface area contributed by atoms with Crippen molar-refractivity contribution in [1.82, 2.24) is 5.32 Å². The van der Waals surface area contributed by atoms with Crippen molar-refractivity contribution in [2.24, 2.45) is 5.73 Å². The van der Waals surface area contributed by atoms with E-state index in [2.05, 4.69) is 5.32 Å². The third-order valence-electron chi connectivity index (χ3n) is 1.92. The third-order valence-corrected chi connectivity index (χ3v) is 2.69. The molecule has 0 saturated heterocycles. The van der Waals surface area contributed by atoms with Crippen molar-refractivity contribution in [3.63, 3.8) is 0 Å². The molecule has 0 aliphatic heterocycles. The number of amides is 1. The lowest BCUT2D eigenvalue weighted by Gasteiger charge is -2.08. The van der Waals surface area contributed by atoms with Crippen LogP contribution in [0.4, 0.5) is 0 Å². The van der Waals surface area contributed by atoms with Gasteiger partial charge in [-0.1, -0.05) is 0 Å². The summed E-state index contributed by atoms with van der Waals surface area (Å²) in [4.78, 5) is 11.2. The number of nitrogens with two attached hydrogens (primary N) is 1. The lowest BCUT2D eigenvalue weighted by Crippen LogP contribution is -2.43. The quantitative estimate of drug-likeness (QED) is 0.595. The van der Waals surface area contributed by atoms with Crippen LogP contribution in [0.5, 0.6) is 0 Å². The predicted octanol–water partition coefficient (Wildman–Crippen LogP) is -1.03. The van der Waals surface area contributed by atoms with Gasteiger partial charge in [0.15, 0.2) is 0 Å². The Morgan fingerprint density at radius 3 is 2.67 bits per heavy atom. The van der Waals surface area contributed by atoms with E-state index in [0.717, 1.165) is 12.8 Å². The van der Waals surface area contributed by atoms with Gasteiger partial charge in [0.2, 0.25) is 5.91 Å². The summed E-state index contributed by atoms with van der Waals surface area (Å²) in [7, 11) is -0.844. The fourth-order valence-electron chi connectivity index (χ4n) is 0.846. The van der Waals surface area contributed by atoms with Crippen molar-refractivity contribution >= 4 is 16.7 Å². The molecule has 0 bridgehead atoms. The highest BCUT2D eigenvalue weighted by Gasteiger charge is 2.45. The first-order valence-corrected chi connectivity index (χ1v) is 5.64. The molecule has 1 amide bonds. The number of carbonyl (C=O) groups excluding carboxylic acids is 1. The van der Waals surface area contributed by atoms with Gasteiger partial charge in [-0.2, -0.15) is 0 Å². The Morgan fingerprint density at radius 1 is 1.67 bits per heavy atom. The van der Waals surface area contributed by atoms with Crippen LogP contribution in [0.2, 0.25) is 0 Å². The van der Waals surface area contributed by atoms with Crippen molar-refractivity contribution in [2.45, 2.75) is 18.4 Å². The number of hydrogen-bond donors (Lipinski definition) is 2. The van der Waals surface area contributed by atoms with E-state index in [1.54, 1.807) is 6.26 Å². The minimum atomic E-state index is -0.844. The van der Waals surface area contributed by atoms with Gasteiger partial charge in [0.05, 0.1) is 5.54 Å². The van der Waals surface area contributed by atoms with Gasteiger partial charge in [0, 0.05) is 29.4 Å². The van der Waals surface area contributed by atoms with Crippen molar-refractivity contribution in [3.05, 3.63) is 0 Å². The maximum absolute atomic E-state index is 11.2. The second kappa shape index (κ2) is 3.53. The molecule has 0 heterocycles. The van der Waals surface area contributed by atoms with Crippen LogP contribution in [0.3, 0.4) is 0 Å². The summed E-state index contributed by atoms with van der Waals surface area (Å²) in [6.45, 7) is 0.459. The molecule has 1 atom stereocenters. The van der Waals surface area contributed by atoms with E-state index >= 15 is 0 Å². The number of carbonyl (C=O) groups is 1. The molecule has 1 unspecified atom stereocenters. The Bertz CT molecular complexity index is 213. The van der Waals surface area contributed by atoms with Crippen LogP contribution in [-0.4, -0.2) is 34.2 Å². The lowest BCUT2D eigenvalue weighted by molar-refractivity contribution is -0.123. The maximum Gasteiger partial charge on any atom is 0.240 e. The topological polar surface area (TPSA) is 72.2 Å². The van der Waals surface area contributed by atoms with Crippen molar-refractivity contribution in [3.8, 4) is 0 Å². The second-order valence-corrected chi connectivity index (χ2v) is 4.74. The molecular formula is C7H14N2O2S. The minimum Gasteiger partial charge on any atom is -0.354 e. The normalized spacial score (nSPS) is 21.5. The highest BCUT2D eigenvalue weighted by atomic mass is 32.2. The molecule has 70 valence electrons. The van der Waals surface area contributed by atoms with Gasteiger partial charge >= 0.3 is 0 Å². The standard InChI is InChI=1S/C7H14N2O2S/c1-12(11)5-4-9-6(10)7(8)2-3-7/h2-5,8H2,1H3,(H,9,10). The van der Waals surface area contributed by atoms with Gasteiger partial charge in [-0.25, -0.2) is 0 Å². The summed E-state index contributed by atoms with van der Waals surface area (Å²) in [6, 6.07) is 0. The molecule has 3 N–H and O–H groups in total. The minimum absolute atomic E-state index is 0.104. The van der Waals surface area contributed by atoms with Crippen molar-refractivity contribution in [1.29, 1.82) is 0 Å². The fraction of sp³-hybridized carbons (Fsp3) is 0.857. The van der Waals surface area contributed by atoms with E-state index < -0.39 is 16.3 Å². The monoisotopic (exact) mass is 190 g/mol. The van der Waals surface area contributed by atoms with E-state index in [9.17, 15) is 9.00 Å². The van der Waals surface area contributed by atoms with Crippen molar-refractivity contribution in [2.75, 3.05) is 18.6 Å². The van der Waals surface area contributed by atoms with E-state index in [1.165, 1.54) is 0 Å². The molecule has 12 heavy (non-hydrogen) atoms. The van der Waals surface area contributed by atoms with Crippen molar-refractivity contribution < 1.29 is 9.00 Å². The first-order chi connectivity index (χ1) is 5.54. The Hall–Kier alpha value is -0.420. The summed E-state index contributed by atoms with van der Waals surface area (Å²) in [5.41, 5.74) is 5.02. The molecule has 1 saturated carbocycles. The molecule has 1 fully saturated rings. The van der Waals surface area contributed by atoms with Gasteiger partial charge in [0.25, 0.3) is 0 Å². The lowest BCUT2D eigenvalue weighted by atomic mass is 10.3. The average molecular weight is 190 g/mol. The molecular weight excluding hydrogens is 176 g/mol. The van der Waals surface area contributed by atoms with Crippen LogP contribution >= 0.6 is 0 Å². The molecule has 5 heteroatoms. The van der Waals surface area contributed by atoms with E-state index in [1.807, 2.05) is 0 Å². The molecule has 1 aliphatic carbocycles. The number of nitrogens with one attached hydrogen (secondary N) is 1. The summed E-state index contributed by atoms with van der Waals surface area (Å²) in [6.07, 6.45) is 3.16. The second-order valence-electron chi connectivity index (χ2n) is 3.19. The predicted molar refractivity (Wildman–Crippen MR) is 48.1 cm³/mol. The van der Waals surface area contributed by atoms with Crippen LogP contribution in [0, 0.1) is 0 Å². The highest BCUT2D eigenvalue weighted by molar-refractivity contribution is 7.84. The molecule has 4 nitrogen and oxygen atoms in total. The Labute approximate surface area is 74.3 Å². The SMILES string of the molecule is CS(=O)CCNC(=O)C1(N)CC1. The van der Waals surface area contributed by atoms with E-state index in [-0.39, 0.29) is 5.91 Å². The molecule has 1 aliphatic rings. The van der Waals surface area contributed by atoms with Gasteiger partial charge in [-0.05, 0) is 12.8 Å². The maximum atomic E-state index is 11.2. The van der Waals surface area contributed by atoms with Gasteiger partial charge in [-0.3, -0.25) is 9.00 Å². The van der Waals surface area contributed by atoms with Crippen LogP contribution in [-0.2, 0) is 15.6 Å². The first kappa shape index (κ1) is 9.67. The van der Waals surface area contributed by atoms with Crippen LogP contribution in [0.1, 0.15) is 12.8 Å². The first-order valence-electron chi connectivity index (χ1n) is 3.92. The molecule has 0 aromatic carbocycles. The van der Waals surface area contributed by atoms with Crippen LogP contribution < -0.4 is 11.1 Å². The zero-order valence-corrected chi connectivity index (χ0v) is 7.95. The van der Waals surface area contributed by atoms with E-state index in [0.29, 0.717) is 12.3 Å². The highest BCUT2D eigenvalue weighted by Crippen LogP contribution is 2.31. The molecule has 0 aromatic heterocycles. The summed E-state index contributed by atoms with van der Waals surface area (Å²) in [5, 5.41) is 2.66. The zero-order valence-electron chi connectivity index (χ0n) is 7.13. The molecule has 1 rings (SSSR count). The number of rotatable bonds is 4. The zero-order chi connectivity index (χ0) is 9.19. The Kier molecular flexibility index (Phi) is 2.85. The smallest absolute Gasteiger partial charge is 0.240 e. The third kappa shape index (κ3) is 2.57. The molecule has 0 radical (unpaired) electrons. The fourth-order valence-corrected chi connectivity index (χ4v) is 1.24. The molecule has 0 aromatic rings. The van der Waals surface area contributed by atoms with Gasteiger partial charge in [-0.15, -0.1) is 0 Å². The average Bonchev–Trinajstić information content (AvgIpc) is 2.68. The molecule has 0 spiro atoms. The summed E-state index contributed by atoms with van der Waals surface area (Å²) in [5.74, 6) is 0.398. The summed E-state index contributed by atoms with van der Waals surface area (Å²) < 4.78 is 10.6. The van der Waals surface area contributed by atoms with E-state index in [4.69, 9.17) is 5.73 Å². The summed E-state index contributed by atoms with van der Waals surface area (Å²) >= 11 is 0. The largest absolute Gasteiger partial charge is 0.354 e. The Balaban J connectivity index is 2.15. The number of hydrogen-bond acceptors (Lipinski definition) is 3. The van der Waals surface area contributed by atoms with Crippen LogP contribution in [0.25, 0.3) is 0 Å². The van der Waals surface area contributed by atoms with Gasteiger partial charge < -0.3 is 11.1 Å². The Morgan fingerprint density at radius 2 is 2.25 bits per heavy atom. The van der Waals surface area contributed by atoms with Gasteiger partial charge in [0.1, 0.15) is 0 Å².